The highest BCUT2D eigenvalue weighted by atomic mass is 35.5. The lowest BCUT2D eigenvalue weighted by Gasteiger charge is -2.06. The smallest absolute Gasteiger partial charge is 0.360 e. The van der Waals surface area contributed by atoms with Crippen LogP contribution >= 0.6 is 11.6 Å². The van der Waals surface area contributed by atoms with E-state index < -0.39 is 5.97 Å². The SMILES string of the molecule is CCOC(=O)c1nn(C)c(=O)c(C)c1Cl. The van der Waals surface area contributed by atoms with Gasteiger partial charge in [-0.05, 0) is 13.8 Å². The minimum atomic E-state index is -0.624. The molecule has 6 heteroatoms. The van der Waals surface area contributed by atoms with Crippen molar-refractivity contribution in [3.63, 3.8) is 0 Å². The van der Waals surface area contributed by atoms with Gasteiger partial charge < -0.3 is 4.74 Å². The molecule has 1 heterocycles. The van der Waals surface area contributed by atoms with E-state index in [0.29, 0.717) is 0 Å². The highest BCUT2D eigenvalue weighted by molar-refractivity contribution is 6.33. The summed E-state index contributed by atoms with van der Waals surface area (Å²) in [6.07, 6.45) is 0. The molecule has 1 aromatic rings. The van der Waals surface area contributed by atoms with Crippen LogP contribution < -0.4 is 5.56 Å². The molecule has 0 amide bonds. The zero-order valence-corrected chi connectivity index (χ0v) is 9.46. The second kappa shape index (κ2) is 4.44. The molecule has 0 atom stereocenters. The molecule has 82 valence electrons. The number of halogens is 1. The summed E-state index contributed by atoms with van der Waals surface area (Å²) < 4.78 is 5.82. The zero-order valence-electron chi connectivity index (χ0n) is 8.70. The minimum absolute atomic E-state index is 0.0295. The van der Waals surface area contributed by atoms with E-state index in [9.17, 15) is 9.59 Å². The maximum absolute atomic E-state index is 11.4. The summed E-state index contributed by atoms with van der Waals surface area (Å²) in [5.74, 6) is -0.624. The highest BCUT2D eigenvalue weighted by Crippen LogP contribution is 2.15. The first kappa shape index (κ1) is 11.7. The molecule has 0 saturated carbocycles. The number of ether oxygens (including phenoxy) is 1. The van der Waals surface area contributed by atoms with Gasteiger partial charge in [0.2, 0.25) is 0 Å². The predicted molar refractivity (Wildman–Crippen MR) is 55.2 cm³/mol. The van der Waals surface area contributed by atoms with Gasteiger partial charge in [0, 0.05) is 12.6 Å². The Morgan fingerprint density at radius 3 is 2.73 bits per heavy atom. The lowest BCUT2D eigenvalue weighted by atomic mass is 10.3. The standard InChI is InChI=1S/C9H11ClN2O3/c1-4-15-9(14)7-6(10)5(2)8(13)12(3)11-7/h4H2,1-3H3. The second-order valence-electron chi connectivity index (χ2n) is 2.94. The number of carbonyl (C=O) groups excluding carboxylic acids is 1. The fourth-order valence-corrected chi connectivity index (χ4v) is 1.28. The van der Waals surface area contributed by atoms with Crippen LogP contribution in [0.4, 0.5) is 0 Å². The summed E-state index contributed by atoms with van der Waals surface area (Å²) in [5, 5.41) is 3.80. The Labute approximate surface area is 91.6 Å². The Morgan fingerprint density at radius 1 is 1.60 bits per heavy atom. The summed E-state index contributed by atoms with van der Waals surface area (Å²) in [7, 11) is 1.45. The Morgan fingerprint density at radius 2 is 2.20 bits per heavy atom. The van der Waals surface area contributed by atoms with Crippen LogP contribution in [0.3, 0.4) is 0 Å². The highest BCUT2D eigenvalue weighted by Gasteiger charge is 2.18. The molecule has 0 aromatic carbocycles. The minimum Gasteiger partial charge on any atom is -0.461 e. The first-order valence-corrected chi connectivity index (χ1v) is 4.77. The van der Waals surface area contributed by atoms with Crippen molar-refractivity contribution in [3.05, 3.63) is 26.6 Å². The molecule has 0 aliphatic carbocycles. The van der Waals surface area contributed by atoms with Crippen molar-refractivity contribution in [3.8, 4) is 0 Å². The van der Waals surface area contributed by atoms with Crippen LogP contribution in [0.2, 0.25) is 5.02 Å². The number of rotatable bonds is 2. The van der Waals surface area contributed by atoms with Crippen molar-refractivity contribution in [2.24, 2.45) is 7.05 Å². The fourth-order valence-electron chi connectivity index (χ4n) is 1.08. The number of esters is 1. The molecule has 0 saturated heterocycles. The van der Waals surface area contributed by atoms with Gasteiger partial charge >= 0.3 is 5.97 Å². The molecule has 1 rings (SSSR count). The summed E-state index contributed by atoms with van der Waals surface area (Å²) in [4.78, 5) is 22.8. The molecule has 0 spiro atoms. The normalized spacial score (nSPS) is 10.1. The van der Waals surface area contributed by atoms with E-state index in [-0.39, 0.29) is 28.4 Å². The molecule has 1 aromatic heterocycles. The molecule has 0 bridgehead atoms. The first-order valence-electron chi connectivity index (χ1n) is 4.39. The Balaban J connectivity index is 3.32. The summed E-state index contributed by atoms with van der Waals surface area (Å²) in [6.45, 7) is 3.45. The van der Waals surface area contributed by atoms with Crippen LogP contribution in [0.5, 0.6) is 0 Å². The molecule has 15 heavy (non-hydrogen) atoms. The van der Waals surface area contributed by atoms with E-state index in [1.807, 2.05) is 0 Å². The van der Waals surface area contributed by atoms with Gasteiger partial charge in [-0.1, -0.05) is 11.6 Å². The monoisotopic (exact) mass is 230 g/mol. The predicted octanol–water partition coefficient (Wildman–Crippen LogP) is 0.919. The Bertz CT molecular complexity index is 453. The molecule has 5 nitrogen and oxygen atoms in total. The largest absolute Gasteiger partial charge is 0.461 e. The maximum atomic E-state index is 11.4. The Hall–Kier alpha value is -1.36. The summed E-state index contributed by atoms with van der Waals surface area (Å²) in [5.41, 5.74) is -0.0663. The fraction of sp³-hybridized carbons (Fsp3) is 0.444. The number of nitrogens with zero attached hydrogens (tertiary/aromatic N) is 2. The molecular weight excluding hydrogens is 220 g/mol. The van der Waals surface area contributed by atoms with Crippen molar-refractivity contribution < 1.29 is 9.53 Å². The van der Waals surface area contributed by atoms with E-state index in [4.69, 9.17) is 16.3 Å². The van der Waals surface area contributed by atoms with Crippen LogP contribution in [0.1, 0.15) is 23.0 Å². The van der Waals surface area contributed by atoms with Gasteiger partial charge in [-0.25, -0.2) is 9.48 Å². The van der Waals surface area contributed by atoms with Gasteiger partial charge in [0.15, 0.2) is 5.69 Å². The molecule has 0 fully saturated rings. The van der Waals surface area contributed by atoms with Crippen molar-refractivity contribution >= 4 is 17.6 Å². The van der Waals surface area contributed by atoms with Crippen LogP contribution in [0, 0.1) is 6.92 Å². The van der Waals surface area contributed by atoms with Gasteiger partial charge in [0.05, 0.1) is 11.6 Å². The van der Waals surface area contributed by atoms with Crippen LogP contribution in [-0.2, 0) is 11.8 Å². The maximum Gasteiger partial charge on any atom is 0.360 e. The van der Waals surface area contributed by atoms with Gasteiger partial charge in [-0.15, -0.1) is 0 Å². The molecule has 0 aliphatic heterocycles. The van der Waals surface area contributed by atoms with E-state index in [1.54, 1.807) is 6.92 Å². The van der Waals surface area contributed by atoms with E-state index in [1.165, 1.54) is 14.0 Å². The van der Waals surface area contributed by atoms with Crippen molar-refractivity contribution in [1.82, 2.24) is 9.78 Å². The van der Waals surface area contributed by atoms with E-state index >= 15 is 0 Å². The molecule has 0 radical (unpaired) electrons. The summed E-state index contributed by atoms with van der Waals surface area (Å²) in [6, 6.07) is 0. The van der Waals surface area contributed by atoms with Crippen LogP contribution in [0.15, 0.2) is 4.79 Å². The third-order valence-corrected chi connectivity index (χ3v) is 2.33. The van der Waals surface area contributed by atoms with Crippen molar-refractivity contribution in [2.45, 2.75) is 13.8 Å². The lowest BCUT2D eigenvalue weighted by Crippen LogP contribution is -2.26. The van der Waals surface area contributed by atoms with Crippen LogP contribution in [-0.4, -0.2) is 22.4 Å². The average molecular weight is 231 g/mol. The van der Waals surface area contributed by atoms with Gasteiger partial charge in [-0.3, -0.25) is 4.79 Å². The van der Waals surface area contributed by atoms with Crippen LogP contribution in [0.25, 0.3) is 0 Å². The quantitative estimate of drug-likeness (QED) is 0.709. The lowest BCUT2D eigenvalue weighted by molar-refractivity contribution is 0.0516. The third kappa shape index (κ3) is 2.18. The zero-order chi connectivity index (χ0) is 11.6. The number of hydrogen-bond donors (Lipinski definition) is 0. The third-order valence-electron chi connectivity index (χ3n) is 1.87. The first-order chi connectivity index (χ1) is 6.99. The van der Waals surface area contributed by atoms with Gasteiger partial charge in [0.25, 0.3) is 5.56 Å². The van der Waals surface area contributed by atoms with E-state index in [2.05, 4.69) is 5.10 Å². The van der Waals surface area contributed by atoms with Crippen molar-refractivity contribution in [2.75, 3.05) is 6.61 Å². The molecular formula is C9H11ClN2O3. The number of hydrogen-bond acceptors (Lipinski definition) is 4. The molecule has 0 N–H and O–H groups in total. The number of aryl methyl sites for hydroxylation is 1. The summed E-state index contributed by atoms with van der Waals surface area (Å²) >= 11 is 5.82. The molecule has 0 aliphatic rings. The molecule has 0 unspecified atom stereocenters. The second-order valence-corrected chi connectivity index (χ2v) is 3.31. The van der Waals surface area contributed by atoms with Crippen molar-refractivity contribution in [1.29, 1.82) is 0 Å². The Kier molecular flexibility index (Phi) is 3.47. The van der Waals surface area contributed by atoms with Gasteiger partial charge in [-0.2, -0.15) is 5.10 Å². The number of carbonyl (C=O) groups is 1. The van der Waals surface area contributed by atoms with E-state index in [0.717, 1.165) is 4.68 Å². The number of aromatic nitrogens is 2. The van der Waals surface area contributed by atoms with Gasteiger partial charge in [0.1, 0.15) is 0 Å². The average Bonchev–Trinajstić information content (AvgIpc) is 2.20. The topological polar surface area (TPSA) is 61.2 Å².